The van der Waals surface area contributed by atoms with Crippen molar-refractivity contribution in [3.05, 3.63) is 53.6 Å². The van der Waals surface area contributed by atoms with Crippen molar-refractivity contribution in [2.75, 3.05) is 17.5 Å². The lowest BCUT2D eigenvalue weighted by Crippen LogP contribution is -2.49. The van der Waals surface area contributed by atoms with Gasteiger partial charge in [0.15, 0.2) is 8.32 Å². The van der Waals surface area contributed by atoms with Crippen molar-refractivity contribution in [1.82, 2.24) is 0 Å². The number of halogens is 3. The van der Waals surface area contributed by atoms with Crippen molar-refractivity contribution in [3.8, 4) is 5.75 Å². The Morgan fingerprint density at radius 1 is 1.12 bits per heavy atom. The van der Waals surface area contributed by atoms with Crippen LogP contribution in [0.4, 0.5) is 18.9 Å². The molecular weight excluding hydrogens is 471 g/mol. The van der Waals surface area contributed by atoms with Crippen molar-refractivity contribution in [3.63, 3.8) is 0 Å². The standard InChI is InChI=1S/C23H30F3NO4SSi/c1-16-9-7-12-20-21(16)27(14-18(31-20)15-30-33(5,6)22(2,3)4)32(28,29)19-11-8-10-17(13-19)23(24,25)26/h7-13,18H,14-15H2,1-6H3/t18-/m1/s1. The molecule has 1 heterocycles. The summed E-state index contributed by atoms with van der Waals surface area (Å²) >= 11 is 0. The number of hydrogen-bond donors (Lipinski definition) is 0. The van der Waals surface area contributed by atoms with Gasteiger partial charge in [-0.3, -0.25) is 4.31 Å². The summed E-state index contributed by atoms with van der Waals surface area (Å²) < 4.78 is 80.3. The van der Waals surface area contributed by atoms with Crippen molar-refractivity contribution >= 4 is 24.0 Å². The van der Waals surface area contributed by atoms with Crippen LogP contribution in [0.2, 0.25) is 18.1 Å². The van der Waals surface area contributed by atoms with E-state index in [4.69, 9.17) is 9.16 Å². The Morgan fingerprint density at radius 3 is 2.36 bits per heavy atom. The molecule has 0 radical (unpaired) electrons. The van der Waals surface area contributed by atoms with Gasteiger partial charge in [0, 0.05) is 0 Å². The zero-order valence-corrected chi connectivity index (χ0v) is 21.5. The Kier molecular flexibility index (Phi) is 6.69. The minimum Gasteiger partial charge on any atom is -0.484 e. The first-order valence-electron chi connectivity index (χ1n) is 10.6. The van der Waals surface area contributed by atoms with Gasteiger partial charge in [-0.15, -0.1) is 0 Å². The van der Waals surface area contributed by atoms with Crippen LogP contribution in [0.25, 0.3) is 0 Å². The maximum Gasteiger partial charge on any atom is 0.416 e. The molecule has 182 valence electrons. The Morgan fingerprint density at radius 2 is 1.76 bits per heavy atom. The second-order valence-electron chi connectivity index (χ2n) is 9.79. The van der Waals surface area contributed by atoms with Gasteiger partial charge in [0.1, 0.15) is 11.9 Å². The molecule has 0 aliphatic carbocycles. The van der Waals surface area contributed by atoms with Crippen molar-refractivity contribution in [2.24, 2.45) is 0 Å². The van der Waals surface area contributed by atoms with Gasteiger partial charge in [-0.25, -0.2) is 8.42 Å². The largest absolute Gasteiger partial charge is 0.484 e. The number of aryl methyl sites for hydroxylation is 1. The fourth-order valence-electron chi connectivity index (χ4n) is 3.32. The van der Waals surface area contributed by atoms with Crippen LogP contribution in [0.5, 0.6) is 5.75 Å². The molecule has 0 spiro atoms. The summed E-state index contributed by atoms with van der Waals surface area (Å²) in [4.78, 5) is -0.419. The summed E-state index contributed by atoms with van der Waals surface area (Å²) in [6, 6.07) is 8.96. The van der Waals surface area contributed by atoms with E-state index in [0.29, 0.717) is 23.1 Å². The zero-order chi connectivity index (χ0) is 24.8. The molecule has 1 aliphatic heterocycles. The number of hydrogen-bond acceptors (Lipinski definition) is 4. The topological polar surface area (TPSA) is 55.8 Å². The molecule has 1 atom stereocenters. The average molecular weight is 502 g/mol. The van der Waals surface area contributed by atoms with Gasteiger partial charge in [-0.05, 0) is 54.9 Å². The van der Waals surface area contributed by atoms with Crippen LogP contribution in [0.15, 0.2) is 47.4 Å². The molecule has 0 saturated carbocycles. The normalized spacial score (nSPS) is 17.5. The average Bonchev–Trinajstić information content (AvgIpc) is 2.70. The maximum absolute atomic E-state index is 13.6. The molecule has 0 saturated heterocycles. The second kappa shape index (κ2) is 8.63. The van der Waals surface area contributed by atoms with Crippen LogP contribution in [0.3, 0.4) is 0 Å². The van der Waals surface area contributed by atoms with Crippen LogP contribution in [-0.2, 0) is 20.6 Å². The molecule has 3 rings (SSSR count). The minimum atomic E-state index is -4.65. The third-order valence-corrected chi connectivity index (χ3v) is 12.6. The van der Waals surface area contributed by atoms with Gasteiger partial charge in [0.05, 0.1) is 29.3 Å². The van der Waals surface area contributed by atoms with Crippen LogP contribution in [0.1, 0.15) is 31.9 Å². The lowest BCUT2D eigenvalue weighted by Gasteiger charge is -2.40. The highest BCUT2D eigenvalue weighted by atomic mass is 32.2. The van der Waals surface area contributed by atoms with E-state index in [2.05, 4.69) is 33.9 Å². The molecule has 33 heavy (non-hydrogen) atoms. The summed E-state index contributed by atoms with van der Waals surface area (Å²) in [6.07, 6.45) is -5.25. The molecule has 10 heteroatoms. The molecule has 0 aromatic heterocycles. The van der Waals surface area contributed by atoms with Crippen LogP contribution >= 0.6 is 0 Å². The number of para-hydroxylation sites is 1. The van der Waals surface area contributed by atoms with Crippen molar-refractivity contribution in [2.45, 2.75) is 63.0 Å². The monoisotopic (exact) mass is 501 g/mol. The molecule has 0 unspecified atom stereocenters. The van der Waals surface area contributed by atoms with E-state index >= 15 is 0 Å². The van der Waals surface area contributed by atoms with Crippen LogP contribution < -0.4 is 9.04 Å². The van der Waals surface area contributed by atoms with E-state index in [1.165, 1.54) is 6.07 Å². The first-order chi connectivity index (χ1) is 15.0. The fourth-order valence-corrected chi connectivity index (χ4v) is 5.98. The minimum absolute atomic E-state index is 0.0417. The quantitative estimate of drug-likeness (QED) is 0.472. The van der Waals surface area contributed by atoms with E-state index in [1.807, 2.05) is 0 Å². The molecule has 0 N–H and O–H groups in total. The summed E-state index contributed by atoms with van der Waals surface area (Å²) in [6.45, 7) is 12.3. The lowest BCUT2D eigenvalue weighted by atomic mass is 10.1. The van der Waals surface area contributed by atoms with E-state index in [-0.39, 0.29) is 18.2 Å². The third-order valence-electron chi connectivity index (χ3n) is 6.30. The fraction of sp³-hybridized carbons (Fsp3) is 0.478. The van der Waals surface area contributed by atoms with E-state index in [0.717, 1.165) is 16.4 Å². The zero-order valence-electron chi connectivity index (χ0n) is 19.7. The predicted molar refractivity (Wildman–Crippen MR) is 125 cm³/mol. The first-order valence-corrected chi connectivity index (χ1v) is 15.0. The van der Waals surface area contributed by atoms with E-state index in [9.17, 15) is 21.6 Å². The molecule has 0 fully saturated rings. The Bertz CT molecular complexity index is 1130. The summed E-state index contributed by atoms with van der Waals surface area (Å²) in [5.41, 5.74) is -0.0371. The van der Waals surface area contributed by atoms with Crippen molar-refractivity contribution in [1.29, 1.82) is 0 Å². The SMILES string of the molecule is Cc1cccc2c1N(S(=O)(=O)c1cccc(C(F)(F)F)c1)C[C@H](CO[Si](C)(C)C(C)(C)C)O2. The summed E-state index contributed by atoms with van der Waals surface area (Å²) in [7, 11) is -6.41. The number of fused-ring (bicyclic) bond motifs is 1. The number of benzene rings is 2. The summed E-state index contributed by atoms with van der Waals surface area (Å²) in [5, 5.41) is -0.0417. The predicted octanol–water partition coefficient (Wildman–Crippen LogP) is 5.99. The smallest absolute Gasteiger partial charge is 0.416 e. The number of rotatable bonds is 5. The van der Waals surface area contributed by atoms with Gasteiger partial charge in [-0.1, -0.05) is 39.0 Å². The molecule has 0 amide bonds. The molecule has 2 aromatic rings. The number of ether oxygens (including phenoxy) is 1. The molecule has 5 nitrogen and oxygen atoms in total. The van der Waals surface area contributed by atoms with Gasteiger partial charge in [-0.2, -0.15) is 13.2 Å². The Balaban J connectivity index is 2.00. The first kappa shape index (κ1) is 25.6. The maximum atomic E-state index is 13.6. The van der Waals surface area contributed by atoms with Gasteiger partial charge in [0.25, 0.3) is 10.0 Å². The highest BCUT2D eigenvalue weighted by Gasteiger charge is 2.41. The summed E-state index contributed by atoms with van der Waals surface area (Å²) in [5.74, 6) is 0.362. The Hall–Kier alpha value is -2.04. The lowest BCUT2D eigenvalue weighted by molar-refractivity contribution is -0.137. The highest BCUT2D eigenvalue weighted by Crippen LogP contribution is 2.41. The molecular formula is C23H30F3NO4SSi. The molecule has 1 aliphatic rings. The van der Waals surface area contributed by atoms with Crippen LogP contribution in [-0.4, -0.2) is 36.0 Å². The van der Waals surface area contributed by atoms with E-state index < -0.39 is 41.1 Å². The van der Waals surface area contributed by atoms with Crippen molar-refractivity contribution < 1.29 is 30.8 Å². The van der Waals surface area contributed by atoms with Gasteiger partial charge in [0.2, 0.25) is 0 Å². The number of nitrogens with zero attached hydrogens (tertiary/aromatic N) is 1. The molecule has 0 bridgehead atoms. The Labute approximate surface area is 194 Å². The number of sulfonamides is 1. The third kappa shape index (κ3) is 5.22. The number of alkyl halides is 3. The van der Waals surface area contributed by atoms with Gasteiger partial charge >= 0.3 is 6.18 Å². The second-order valence-corrected chi connectivity index (χ2v) is 16.5. The molecule has 2 aromatic carbocycles. The highest BCUT2D eigenvalue weighted by molar-refractivity contribution is 7.92. The van der Waals surface area contributed by atoms with Crippen LogP contribution in [0, 0.1) is 6.92 Å². The van der Waals surface area contributed by atoms with E-state index in [1.54, 1.807) is 25.1 Å². The number of anilines is 1. The van der Waals surface area contributed by atoms with Gasteiger partial charge < -0.3 is 9.16 Å².